The third kappa shape index (κ3) is 3.16. The van der Waals surface area contributed by atoms with Crippen LogP contribution in [0.1, 0.15) is 41.6 Å². The van der Waals surface area contributed by atoms with Crippen LogP contribution in [0.15, 0.2) is 18.2 Å². The number of piperidine rings is 1. The molecular formula is C20H28N2O2. The van der Waals surface area contributed by atoms with E-state index in [0.717, 1.165) is 24.6 Å². The Balaban J connectivity index is 1.54. The molecule has 1 aliphatic carbocycles. The predicted octanol–water partition coefficient (Wildman–Crippen LogP) is 2.95. The Morgan fingerprint density at radius 1 is 1.17 bits per heavy atom. The SMILES string of the molecule is COc1ccc(C)cc1C(=O)N1C[C@H]2CC[C@@H](C1)N(CC1CC1)C2. The van der Waals surface area contributed by atoms with Gasteiger partial charge in [-0.2, -0.15) is 0 Å². The van der Waals surface area contributed by atoms with Crippen molar-refractivity contribution in [3.8, 4) is 5.75 Å². The standard InChI is InChI=1S/C20H28N2O2/c1-14-3-8-19(24-2)18(9-14)20(23)22-12-16-6-7-17(13-22)21(11-16)10-15-4-5-15/h3,8-9,15-17H,4-7,10-13H2,1-2H3/t16-,17-/m0/s1. The van der Waals surface area contributed by atoms with E-state index in [0.29, 0.717) is 23.3 Å². The van der Waals surface area contributed by atoms with Gasteiger partial charge in [0.15, 0.2) is 0 Å². The maximum atomic E-state index is 13.2. The van der Waals surface area contributed by atoms with Crippen LogP contribution in [0.5, 0.6) is 5.75 Å². The molecule has 5 rings (SSSR count). The number of amides is 1. The maximum Gasteiger partial charge on any atom is 0.257 e. The third-order valence-electron chi connectivity index (χ3n) is 5.89. The van der Waals surface area contributed by atoms with Gasteiger partial charge in [-0.3, -0.25) is 9.69 Å². The average molecular weight is 328 g/mol. The summed E-state index contributed by atoms with van der Waals surface area (Å²) in [5.41, 5.74) is 1.82. The molecule has 3 saturated heterocycles. The van der Waals surface area contributed by atoms with E-state index in [1.54, 1.807) is 7.11 Å². The number of hydrogen-bond acceptors (Lipinski definition) is 3. The van der Waals surface area contributed by atoms with Crippen LogP contribution in [0, 0.1) is 18.8 Å². The molecule has 1 aromatic carbocycles. The summed E-state index contributed by atoms with van der Waals surface area (Å²) in [6.45, 7) is 6.22. The molecule has 4 nitrogen and oxygen atoms in total. The van der Waals surface area contributed by atoms with Crippen LogP contribution in [-0.2, 0) is 0 Å². The first-order chi connectivity index (χ1) is 11.6. The Bertz CT molecular complexity index is 626. The van der Waals surface area contributed by atoms with Crippen LogP contribution in [0.3, 0.4) is 0 Å². The number of rotatable bonds is 4. The van der Waals surface area contributed by atoms with Gasteiger partial charge in [0.25, 0.3) is 5.91 Å². The molecule has 3 heterocycles. The molecule has 0 N–H and O–H groups in total. The van der Waals surface area contributed by atoms with Crippen molar-refractivity contribution in [2.75, 3.05) is 33.3 Å². The largest absolute Gasteiger partial charge is 0.496 e. The molecule has 0 radical (unpaired) electrons. The van der Waals surface area contributed by atoms with Crippen LogP contribution in [0.4, 0.5) is 0 Å². The second-order valence-electron chi connectivity index (χ2n) is 7.91. The van der Waals surface area contributed by atoms with Crippen molar-refractivity contribution in [3.63, 3.8) is 0 Å². The van der Waals surface area contributed by atoms with E-state index in [9.17, 15) is 4.79 Å². The highest BCUT2D eigenvalue weighted by Gasteiger charge is 2.39. The first-order valence-electron chi connectivity index (χ1n) is 9.32. The van der Waals surface area contributed by atoms with Gasteiger partial charge in [0.2, 0.25) is 0 Å². The number of carbonyl (C=O) groups is 1. The Morgan fingerprint density at radius 2 is 2.00 bits per heavy atom. The Kier molecular flexibility index (Phi) is 4.25. The molecule has 1 aromatic rings. The lowest BCUT2D eigenvalue weighted by molar-refractivity contribution is 0.0733. The third-order valence-corrected chi connectivity index (χ3v) is 5.89. The molecule has 4 fully saturated rings. The normalized spacial score (nSPS) is 27.2. The number of carbonyl (C=O) groups excluding carboxylic acids is 1. The number of nitrogens with zero attached hydrogens (tertiary/aromatic N) is 2. The smallest absolute Gasteiger partial charge is 0.257 e. The highest BCUT2D eigenvalue weighted by Crippen LogP contribution is 2.35. The van der Waals surface area contributed by atoms with Gasteiger partial charge in [0.05, 0.1) is 12.7 Å². The summed E-state index contributed by atoms with van der Waals surface area (Å²) in [5.74, 6) is 2.38. The molecule has 4 aliphatic rings. The van der Waals surface area contributed by atoms with Crippen LogP contribution in [0.25, 0.3) is 0 Å². The van der Waals surface area contributed by atoms with E-state index in [2.05, 4.69) is 9.80 Å². The molecule has 3 aliphatic heterocycles. The first-order valence-corrected chi connectivity index (χ1v) is 9.32. The topological polar surface area (TPSA) is 32.8 Å². The minimum absolute atomic E-state index is 0.140. The Labute approximate surface area is 144 Å². The number of methoxy groups -OCH3 is 1. The van der Waals surface area contributed by atoms with Crippen LogP contribution < -0.4 is 4.74 Å². The van der Waals surface area contributed by atoms with Gasteiger partial charge in [0.1, 0.15) is 5.75 Å². The molecule has 130 valence electrons. The van der Waals surface area contributed by atoms with Crippen molar-refractivity contribution < 1.29 is 9.53 Å². The summed E-state index contributed by atoms with van der Waals surface area (Å²) in [7, 11) is 1.64. The van der Waals surface area contributed by atoms with E-state index in [-0.39, 0.29) is 5.91 Å². The fourth-order valence-electron chi connectivity index (χ4n) is 4.36. The monoisotopic (exact) mass is 328 g/mol. The van der Waals surface area contributed by atoms with Crippen molar-refractivity contribution >= 4 is 5.91 Å². The molecule has 4 heteroatoms. The molecule has 0 spiro atoms. The van der Waals surface area contributed by atoms with E-state index in [1.807, 2.05) is 25.1 Å². The van der Waals surface area contributed by atoms with Crippen molar-refractivity contribution in [1.82, 2.24) is 9.80 Å². The van der Waals surface area contributed by atoms with Crippen LogP contribution in [0.2, 0.25) is 0 Å². The second-order valence-corrected chi connectivity index (χ2v) is 7.91. The van der Waals surface area contributed by atoms with Crippen LogP contribution in [-0.4, -0.2) is 55.0 Å². The fraction of sp³-hybridized carbons (Fsp3) is 0.650. The zero-order valence-corrected chi connectivity index (χ0v) is 14.8. The van der Waals surface area contributed by atoms with Crippen molar-refractivity contribution in [2.24, 2.45) is 11.8 Å². The van der Waals surface area contributed by atoms with Gasteiger partial charge in [-0.1, -0.05) is 11.6 Å². The zero-order valence-electron chi connectivity index (χ0n) is 14.8. The first kappa shape index (κ1) is 15.9. The molecule has 2 bridgehead atoms. The van der Waals surface area contributed by atoms with Gasteiger partial charge in [-0.25, -0.2) is 0 Å². The number of fused-ring (bicyclic) bond motifs is 4. The number of aryl methyl sites for hydroxylation is 1. The molecule has 1 saturated carbocycles. The zero-order chi connectivity index (χ0) is 16.7. The van der Waals surface area contributed by atoms with E-state index >= 15 is 0 Å². The highest BCUT2D eigenvalue weighted by atomic mass is 16.5. The molecule has 24 heavy (non-hydrogen) atoms. The molecular weight excluding hydrogens is 300 g/mol. The summed E-state index contributed by atoms with van der Waals surface area (Å²) >= 11 is 0. The van der Waals surface area contributed by atoms with Gasteiger partial charge in [-0.15, -0.1) is 0 Å². The highest BCUT2D eigenvalue weighted by molar-refractivity contribution is 5.97. The summed E-state index contributed by atoms with van der Waals surface area (Å²) in [6.07, 6.45) is 5.31. The minimum atomic E-state index is 0.140. The van der Waals surface area contributed by atoms with Crippen LogP contribution >= 0.6 is 0 Å². The molecule has 1 amide bonds. The van der Waals surface area contributed by atoms with E-state index in [4.69, 9.17) is 4.74 Å². The maximum absolute atomic E-state index is 13.2. The summed E-state index contributed by atoms with van der Waals surface area (Å²) in [6, 6.07) is 6.42. The van der Waals surface area contributed by atoms with E-state index in [1.165, 1.54) is 38.8 Å². The van der Waals surface area contributed by atoms with Crippen molar-refractivity contribution in [1.29, 1.82) is 0 Å². The molecule has 0 aromatic heterocycles. The molecule has 2 atom stereocenters. The second kappa shape index (κ2) is 6.40. The lowest BCUT2D eigenvalue weighted by Crippen LogP contribution is -2.45. The van der Waals surface area contributed by atoms with Gasteiger partial charge >= 0.3 is 0 Å². The van der Waals surface area contributed by atoms with Gasteiger partial charge in [-0.05, 0) is 56.6 Å². The van der Waals surface area contributed by atoms with Crippen molar-refractivity contribution in [2.45, 2.75) is 38.6 Å². The van der Waals surface area contributed by atoms with Gasteiger partial charge in [0, 0.05) is 32.2 Å². The Morgan fingerprint density at radius 3 is 2.75 bits per heavy atom. The van der Waals surface area contributed by atoms with Gasteiger partial charge < -0.3 is 9.64 Å². The number of benzene rings is 1. The number of hydrogen-bond donors (Lipinski definition) is 0. The lowest BCUT2D eigenvalue weighted by atomic mass is 9.95. The quantitative estimate of drug-likeness (QED) is 0.852. The Hall–Kier alpha value is -1.55. The summed E-state index contributed by atoms with van der Waals surface area (Å²) < 4.78 is 5.44. The average Bonchev–Trinajstić information content (AvgIpc) is 3.41. The lowest BCUT2D eigenvalue weighted by Gasteiger charge is -2.36. The molecule has 0 unspecified atom stereocenters. The number of ether oxygens (including phenoxy) is 1. The summed E-state index contributed by atoms with van der Waals surface area (Å²) in [5, 5.41) is 0. The fourth-order valence-corrected chi connectivity index (χ4v) is 4.36. The predicted molar refractivity (Wildman–Crippen MR) is 94.4 cm³/mol. The minimum Gasteiger partial charge on any atom is -0.496 e. The van der Waals surface area contributed by atoms with E-state index < -0.39 is 0 Å². The summed E-state index contributed by atoms with van der Waals surface area (Å²) in [4.78, 5) is 17.9. The van der Waals surface area contributed by atoms with Crippen molar-refractivity contribution in [3.05, 3.63) is 29.3 Å².